The summed E-state index contributed by atoms with van der Waals surface area (Å²) < 4.78 is 10.2. The zero-order valence-electron chi connectivity index (χ0n) is 8.57. The van der Waals surface area contributed by atoms with Crippen LogP contribution in [0.3, 0.4) is 0 Å². The summed E-state index contributed by atoms with van der Waals surface area (Å²) in [5.41, 5.74) is 0.619. The first-order chi connectivity index (χ1) is 7.27. The molecule has 0 amide bonds. The van der Waals surface area contributed by atoms with Gasteiger partial charge in [0.25, 0.3) is 0 Å². The molecule has 0 aliphatic rings. The van der Waals surface area contributed by atoms with Gasteiger partial charge in [0.1, 0.15) is 0 Å². The molecular formula is C10H14ClNO3. The Morgan fingerprint density at radius 1 is 1.47 bits per heavy atom. The molecular weight excluding hydrogens is 218 g/mol. The van der Waals surface area contributed by atoms with Gasteiger partial charge in [-0.2, -0.15) is 0 Å². The van der Waals surface area contributed by atoms with Crippen LogP contribution in [0.15, 0.2) is 12.3 Å². The average Bonchev–Trinajstić information content (AvgIpc) is 2.26. The molecule has 0 aliphatic carbocycles. The molecule has 0 atom stereocenters. The zero-order valence-corrected chi connectivity index (χ0v) is 9.33. The van der Waals surface area contributed by atoms with Gasteiger partial charge in [-0.15, -0.1) is 0 Å². The molecule has 1 rings (SSSR count). The lowest BCUT2D eigenvalue weighted by Crippen LogP contribution is -2.03. The van der Waals surface area contributed by atoms with Crippen LogP contribution in [-0.4, -0.2) is 30.4 Å². The monoisotopic (exact) mass is 231 g/mol. The van der Waals surface area contributed by atoms with Crippen molar-refractivity contribution >= 4 is 11.6 Å². The molecule has 0 unspecified atom stereocenters. The normalized spacial score (nSPS) is 10.3. The summed E-state index contributed by atoms with van der Waals surface area (Å²) in [6.07, 6.45) is 2.27. The molecule has 84 valence electrons. The molecule has 0 bridgehead atoms. The van der Waals surface area contributed by atoms with E-state index in [1.807, 2.05) is 0 Å². The number of hydrogen-bond acceptors (Lipinski definition) is 4. The van der Waals surface area contributed by atoms with Crippen molar-refractivity contribution in [1.29, 1.82) is 0 Å². The van der Waals surface area contributed by atoms with Crippen LogP contribution in [-0.2, 0) is 11.3 Å². The van der Waals surface area contributed by atoms with E-state index in [1.165, 1.54) is 6.20 Å². The summed E-state index contributed by atoms with van der Waals surface area (Å²) in [4.78, 5) is 3.98. The molecule has 0 radical (unpaired) electrons. The highest BCUT2D eigenvalue weighted by Gasteiger charge is 2.02. The molecule has 0 aliphatic heterocycles. The fourth-order valence-electron chi connectivity index (χ4n) is 1.04. The van der Waals surface area contributed by atoms with Gasteiger partial charge >= 0.3 is 0 Å². The lowest BCUT2D eigenvalue weighted by molar-refractivity contribution is 0.170. The fourth-order valence-corrected chi connectivity index (χ4v) is 1.20. The van der Waals surface area contributed by atoms with Crippen molar-refractivity contribution in [1.82, 2.24) is 4.98 Å². The van der Waals surface area contributed by atoms with Gasteiger partial charge in [-0.05, 0) is 0 Å². The molecule has 5 heteroatoms. The highest BCUT2D eigenvalue weighted by atomic mass is 35.5. The second kappa shape index (κ2) is 6.61. The third-order valence-corrected chi connectivity index (χ3v) is 2.16. The van der Waals surface area contributed by atoms with Gasteiger partial charge < -0.3 is 14.6 Å². The summed E-state index contributed by atoms with van der Waals surface area (Å²) in [7, 11) is 1.64. The van der Waals surface area contributed by atoms with Crippen LogP contribution in [0, 0.1) is 0 Å². The molecule has 0 aromatic carbocycles. The summed E-state index contributed by atoms with van der Waals surface area (Å²) in [5.74, 6) is 0.472. The topological polar surface area (TPSA) is 51.6 Å². The van der Waals surface area contributed by atoms with Crippen molar-refractivity contribution in [2.24, 2.45) is 0 Å². The minimum absolute atomic E-state index is 0.115. The smallest absolute Gasteiger partial charge is 0.213 e. The third-order valence-electron chi connectivity index (χ3n) is 1.82. The van der Waals surface area contributed by atoms with E-state index in [0.717, 1.165) is 6.42 Å². The van der Waals surface area contributed by atoms with E-state index in [0.29, 0.717) is 29.7 Å². The molecule has 1 aromatic rings. The zero-order chi connectivity index (χ0) is 11.1. The lowest BCUT2D eigenvalue weighted by Gasteiger charge is -2.06. The number of ether oxygens (including phenoxy) is 2. The highest BCUT2D eigenvalue weighted by molar-refractivity contribution is 6.31. The van der Waals surface area contributed by atoms with Gasteiger partial charge in [-0.25, -0.2) is 4.98 Å². The molecule has 0 saturated heterocycles. The van der Waals surface area contributed by atoms with Crippen LogP contribution in [0.25, 0.3) is 0 Å². The summed E-state index contributed by atoms with van der Waals surface area (Å²) in [5, 5.41) is 9.41. The molecule has 4 nitrogen and oxygen atoms in total. The lowest BCUT2D eigenvalue weighted by atomic mass is 10.3. The minimum Gasteiger partial charge on any atom is -0.478 e. The Bertz CT molecular complexity index is 307. The first kappa shape index (κ1) is 12.2. The molecule has 0 saturated carbocycles. The van der Waals surface area contributed by atoms with E-state index in [-0.39, 0.29) is 6.61 Å². The summed E-state index contributed by atoms with van der Waals surface area (Å²) in [6.45, 7) is 1.07. The van der Waals surface area contributed by atoms with E-state index >= 15 is 0 Å². The van der Waals surface area contributed by atoms with Gasteiger partial charge in [0.2, 0.25) is 5.88 Å². The SMILES string of the molecule is COCCCOc1cc(CO)c(Cl)cn1. The van der Waals surface area contributed by atoms with E-state index in [4.69, 9.17) is 26.2 Å². The number of aromatic nitrogens is 1. The largest absolute Gasteiger partial charge is 0.478 e. The highest BCUT2D eigenvalue weighted by Crippen LogP contribution is 2.19. The second-order valence-electron chi connectivity index (χ2n) is 2.97. The molecule has 1 aromatic heterocycles. The molecule has 1 heterocycles. The van der Waals surface area contributed by atoms with Gasteiger partial charge in [0.15, 0.2) is 0 Å². The second-order valence-corrected chi connectivity index (χ2v) is 3.37. The molecule has 0 fully saturated rings. The van der Waals surface area contributed by atoms with Crippen LogP contribution in [0.2, 0.25) is 5.02 Å². The van der Waals surface area contributed by atoms with E-state index in [1.54, 1.807) is 13.2 Å². The maximum Gasteiger partial charge on any atom is 0.213 e. The predicted molar refractivity (Wildman–Crippen MR) is 57.2 cm³/mol. The van der Waals surface area contributed by atoms with Crippen molar-refractivity contribution < 1.29 is 14.6 Å². The Morgan fingerprint density at radius 2 is 2.27 bits per heavy atom. The quantitative estimate of drug-likeness (QED) is 0.757. The number of rotatable bonds is 6. The van der Waals surface area contributed by atoms with Crippen molar-refractivity contribution in [3.63, 3.8) is 0 Å². The van der Waals surface area contributed by atoms with Gasteiger partial charge in [0.05, 0.1) is 18.2 Å². The number of pyridine rings is 1. The standard InChI is InChI=1S/C10H14ClNO3/c1-14-3-2-4-15-10-5-8(7-13)9(11)6-12-10/h5-6,13H,2-4,7H2,1H3. The number of nitrogens with zero attached hydrogens (tertiary/aromatic N) is 1. The van der Waals surface area contributed by atoms with Crippen LogP contribution >= 0.6 is 11.6 Å². The third kappa shape index (κ3) is 4.03. The maximum atomic E-state index is 8.96. The summed E-state index contributed by atoms with van der Waals surface area (Å²) in [6, 6.07) is 1.63. The van der Waals surface area contributed by atoms with Gasteiger partial charge in [-0.1, -0.05) is 11.6 Å². The Labute approximate surface area is 93.8 Å². The van der Waals surface area contributed by atoms with E-state index in [2.05, 4.69) is 4.98 Å². The number of methoxy groups -OCH3 is 1. The Balaban J connectivity index is 2.47. The first-order valence-electron chi connectivity index (χ1n) is 4.65. The van der Waals surface area contributed by atoms with Gasteiger partial charge in [-0.3, -0.25) is 0 Å². The Kier molecular flexibility index (Phi) is 5.39. The molecule has 1 N–H and O–H groups in total. The van der Waals surface area contributed by atoms with Crippen LogP contribution in [0.1, 0.15) is 12.0 Å². The van der Waals surface area contributed by atoms with Crippen LogP contribution < -0.4 is 4.74 Å². The van der Waals surface area contributed by atoms with Crippen LogP contribution in [0.5, 0.6) is 5.88 Å². The Hall–Kier alpha value is -0.840. The van der Waals surface area contributed by atoms with Crippen LogP contribution in [0.4, 0.5) is 0 Å². The Morgan fingerprint density at radius 3 is 2.93 bits per heavy atom. The summed E-state index contributed by atoms with van der Waals surface area (Å²) >= 11 is 5.78. The van der Waals surface area contributed by atoms with Crippen molar-refractivity contribution in [3.8, 4) is 5.88 Å². The van der Waals surface area contributed by atoms with E-state index < -0.39 is 0 Å². The minimum atomic E-state index is -0.115. The van der Waals surface area contributed by atoms with E-state index in [9.17, 15) is 0 Å². The average molecular weight is 232 g/mol. The number of hydrogen-bond donors (Lipinski definition) is 1. The number of aliphatic hydroxyl groups excluding tert-OH is 1. The molecule has 15 heavy (non-hydrogen) atoms. The van der Waals surface area contributed by atoms with Crippen molar-refractivity contribution in [2.45, 2.75) is 13.0 Å². The number of aliphatic hydroxyl groups is 1. The maximum absolute atomic E-state index is 8.96. The number of halogens is 1. The van der Waals surface area contributed by atoms with Crippen molar-refractivity contribution in [2.75, 3.05) is 20.3 Å². The van der Waals surface area contributed by atoms with Gasteiger partial charge in [0, 0.05) is 38.0 Å². The first-order valence-corrected chi connectivity index (χ1v) is 5.02. The van der Waals surface area contributed by atoms with Crippen molar-refractivity contribution in [3.05, 3.63) is 22.8 Å². The molecule has 0 spiro atoms. The predicted octanol–water partition coefficient (Wildman–Crippen LogP) is 1.64. The fraction of sp³-hybridized carbons (Fsp3) is 0.500.